The maximum atomic E-state index is 9.63. The Kier molecular flexibility index (Phi) is 2.10. The first-order valence-electron chi connectivity index (χ1n) is 5.64. The topological polar surface area (TPSA) is 69.0 Å². The van der Waals surface area contributed by atoms with Gasteiger partial charge in [-0.3, -0.25) is 4.68 Å². The van der Waals surface area contributed by atoms with Gasteiger partial charge in [-0.05, 0) is 18.2 Å². The van der Waals surface area contributed by atoms with Gasteiger partial charge in [0.2, 0.25) is 0 Å². The van der Waals surface area contributed by atoms with Gasteiger partial charge in [-0.2, -0.15) is 5.10 Å². The normalized spacial score (nSPS) is 11.2. The molecule has 0 unspecified atom stereocenters. The molecule has 3 rings (SSSR count). The molecule has 0 aliphatic heterocycles. The van der Waals surface area contributed by atoms with Crippen LogP contribution in [-0.4, -0.2) is 19.5 Å². The average molecular weight is 242 g/mol. The van der Waals surface area contributed by atoms with Crippen molar-refractivity contribution in [1.82, 2.24) is 14.3 Å². The summed E-state index contributed by atoms with van der Waals surface area (Å²) in [5.41, 5.74) is 8.71. The monoisotopic (exact) mass is 242 g/mol. The third kappa shape index (κ3) is 1.44. The average Bonchev–Trinajstić information content (AvgIpc) is 2.79. The second-order valence-electron chi connectivity index (χ2n) is 4.43. The maximum absolute atomic E-state index is 9.63. The van der Waals surface area contributed by atoms with Gasteiger partial charge in [0.1, 0.15) is 11.6 Å². The van der Waals surface area contributed by atoms with Crippen LogP contribution >= 0.6 is 0 Å². The zero-order valence-electron chi connectivity index (χ0n) is 10.3. The third-order valence-electron chi connectivity index (χ3n) is 3.15. The van der Waals surface area contributed by atoms with Gasteiger partial charge >= 0.3 is 0 Å². The van der Waals surface area contributed by atoms with Gasteiger partial charge in [0.15, 0.2) is 0 Å². The van der Waals surface area contributed by atoms with E-state index in [9.17, 15) is 5.11 Å². The molecule has 0 fully saturated rings. The number of nitrogens with zero attached hydrogens (tertiary/aromatic N) is 3. The number of phenols is 1. The summed E-state index contributed by atoms with van der Waals surface area (Å²) in [6.45, 7) is 0. The molecule has 0 bridgehead atoms. The van der Waals surface area contributed by atoms with Crippen LogP contribution in [0, 0.1) is 0 Å². The van der Waals surface area contributed by atoms with E-state index < -0.39 is 0 Å². The number of anilines is 1. The van der Waals surface area contributed by atoms with E-state index in [1.165, 1.54) is 0 Å². The van der Waals surface area contributed by atoms with Crippen molar-refractivity contribution in [2.24, 2.45) is 14.1 Å². The van der Waals surface area contributed by atoms with Gasteiger partial charge in [0.05, 0.1) is 5.69 Å². The van der Waals surface area contributed by atoms with Gasteiger partial charge < -0.3 is 15.4 Å². The molecule has 0 amide bonds. The van der Waals surface area contributed by atoms with E-state index in [0.29, 0.717) is 5.82 Å². The van der Waals surface area contributed by atoms with Crippen molar-refractivity contribution in [2.45, 2.75) is 0 Å². The summed E-state index contributed by atoms with van der Waals surface area (Å²) >= 11 is 0. The highest BCUT2D eigenvalue weighted by Gasteiger charge is 2.13. The number of benzene rings is 1. The van der Waals surface area contributed by atoms with Gasteiger partial charge in [0, 0.05) is 42.8 Å². The standard InChI is InChI=1S/C13H14N4O/c1-16-7-10(12-6-13(14)15-17(12)2)9-5-8(18)3-4-11(9)16/h3-7,18H,1-2H3,(H2,14,15). The Labute approximate surface area is 104 Å². The zero-order valence-corrected chi connectivity index (χ0v) is 10.3. The number of fused-ring (bicyclic) bond motifs is 1. The molecule has 3 aromatic rings. The lowest BCUT2D eigenvalue weighted by Gasteiger charge is -2.00. The molecular formula is C13H14N4O. The first kappa shape index (κ1) is 10.7. The molecule has 0 saturated heterocycles. The number of rotatable bonds is 1. The highest BCUT2D eigenvalue weighted by atomic mass is 16.3. The summed E-state index contributed by atoms with van der Waals surface area (Å²) in [6, 6.07) is 7.17. The molecule has 2 aromatic heterocycles. The Morgan fingerprint density at radius 2 is 2.00 bits per heavy atom. The van der Waals surface area contributed by atoms with Crippen LogP contribution in [0.3, 0.4) is 0 Å². The van der Waals surface area contributed by atoms with Crippen molar-refractivity contribution >= 4 is 16.7 Å². The molecule has 18 heavy (non-hydrogen) atoms. The lowest BCUT2D eigenvalue weighted by molar-refractivity contribution is 0.476. The van der Waals surface area contributed by atoms with Crippen molar-refractivity contribution in [3.8, 4) is 17.0 Å². The van der Waals surface area contributed by atoms with Gasteiger partial charge in [-0.25, -0.2) is 0 Å². The summed E-state index contributed by atoms with van der Waals surface area (Å²) in [7, 11) is 3.83. The largest absolute Gasteiger partial charge is 0.508 e. The quantitative estimate of drug-likeness (QED) is 0.684. The van der Waals surface area contributed by atoms with Crippen LogP contribution in [0.1, 0.15) is 0 Å². The fraction of sp³-hybridized carbons (Fsp3) is 0.154. The number of aromatic hydroxyl groups is 1. The minimum absolute atomic E-state index is 0.255. The number of aromatic nitrogens is 3. The number of aryl methyl sites for hydroxylation is 2. The number of hydrogen-bond acceptors (Lipinski definition) is 3. The first-order valence-corrected chi connectivity index (χ1v) is 5.64. The maximum Gasteiger partial charge on any atom is 0.146 e. The molecule has 5 nitrogen and oxygen atoms in total. The smallest absolute Gasteiger partial charge is 0.146 e. The fourth-order valence-electron chi connectivity index (χ4n) is 2.33. The third-order valence-corrected chi connectivity index (χ3v) is 3.15. The lowest BCUT2D eigenvalue weighted by atomic mass is 10.1. The molecule has 0 aliphatic rings. The Balaban J connectivity index is 2.35. The molecule has 0 aliphatic carbocycles. The Morgan fingerprint density at radius 1 is 1.22 bits per heavy atom. The zero-order chi connectivity index (χ0) is 12.9. The molecule has 2 heterocycles. The Bertz CT molecular complexity index is 739. The number of hydrogen-bond donors (Lipinski definition) is 2. The first-order chi connectivity index (χ1) is 8.56. The molecule has 92 valence electrons. The van der Waals surface area contributed by atoms with E-state index in [-0.39, 0.29) is 5.75 Å². The number of nitrogen functional groups attached to an aromatic ring is 1. The summed E-state index contributed by atoms with van der Waals surface area (Å²) in [6.07, 6.45) is 2.01. The van der Waals surface area contributed by atoms with Crippen LogP contribution < -0.4 is 5.73 Å². The second-order valence-corrected chi connectivity index (χ2v) is 4.43. The molecule has 0 atom stereocenters. The SMILES string of the molecule is Cn1nc(N)cc1-c1cn(C)c2ccc(O)cc12. The summed E-state index contributed by atoms with van der Waals surface area (Å²) < 4.78 is 3.77. The Morgan fingerprint density at radius 3 is 2.67 bits per heavy atom. The predicted molar refractivity (Wildman–Crippen MR) is 71.2 cm³/mol. The van der Waals surface area contributed by atoms with Crippen molar-refractivity contribution in [1.29, 1.82) is 0 Å². The minimum Gasteiger partial charge on any atom is -0.508 e. The van der Waals surface area contributed by atoms with Crippen LogP contribution in [0.5, 0.6) is 5.75 Å². The van der Waals surface area contributed by atoms with Crippen LogP contribution in [-0.2, 0) is 14.1 Å². The van der Waals surface area contributed by atoms with Gasteiger partial charge in [-0.15, -0.1) is 0 Å². The van der Waals surface area contributed by atoms with Crippen molar-refractivity contribution in [3.05, 3.63) is 30.5 Å². The number of phenolic OH excluding ortho intramolecular Hbond substituents is 1. The molecule has 3 N–H and O–H groups in total. The van der Waals surface area contributed by atoms with Gasteiger partial charge in [-0.1, -0.05) is 0 Å². The lowest BCUT2D eigenvalue weighted by Crippen LogP contribution is -1.94. The predicted octanol–water partition coefficient (Wildman–Crippen LogP) is 1.87. The summed E-state index contributed by atoms with van der Waals surface area (Å²) in [5, 5.41) is 14.8. The van der Waals surface area contributed by atoms with E-state index >= 15 is 0 Å². The second kappa shape index (κ2) is 3.53. The molecule has 5 heteroatoms. The van der Waals surface area contributed by atoms with Crippen LogP contribution in [0.4, 0.5) is 5.82 Å². The van der Waals surface area contributed by atoms with Crippen molar-refractivity contribution in [3.63, 3.8) is 0 Å². The fourth-order valence-corrected chi connectivity index (χ4v) is 2.33. The Hall–Kier alpha value is -2.43. The number of nitrogens with two attached hydrogens (primary N) is 1. The van der Waals surface area contributed by atoms with Crippen molar-refractivity contribution < 1.29 is 5.11 Å². The highest BCUT2D eigenvalue weighted by Crippen LogP contribution is 2.32. The van der Waals surface area contributed by atoms with Crippen molar-refractivity contribution in [2.75, 3.05) is 5.73 Å². The van der Waals surface area contributed by atoms with Crippen LogP contribution in [0.2, 0.25) is 0 Å². The van der Waals surface area contributed by atoms with E-state index in [4.69, 9.17) is 5.73 Å². The molecule has 0 radical (unpaired) electrons. The van der Waals surface area contributed by atoms with Crippen LogP contribution in [0.15, 0.2) is 30.5 Å². The minimum atomic E-state index is 0.255. The molecule has 0 spiro atoms. The van der Waals surface area contributed by atoms with E-state index in [1.807, 2.05) is 37.0 Å². The molecule has 1 aromatic carbocycles. The van der Waals surface area contributed by atoms with E-state index in [2.05, 4.69) is 5.10 Å². The molecular weight excluding hydrogens is 228 g/mol. The van der Waals surface area contributed by atoms with Gasteiger partial charge in [0.25, 0.3) is 0 Å². The van der Waals surface area contributed by atoms with E-state index in [0.717, 1.165) is 22.2 Å². The summed E-state index contributed by atoms with van der Waals surface area (Å²) in [4.78, 5) is 0. The van der Waals surface area contributed by atoms with E-state index in [1.54, 1.807) is 16.8 Å². The summed E-state index contributed by atoms with van der Waals surface area (Å²) in [5.74, 6) is 0.745. The highest BCUT2D eigenvalue weighted by molar-refractivity contribution is 5.96. The molecule has 0 saturated carbocycles. The van der Waals surface area contributed by atoms with Crippen LogP contribution in [0.25, 0.3) is 22.2 Å².